The zero-order valence-corrected chi connectivity index (χ0v) is 15.1. The summed E-state index contributed by atoms with van der Waals surface area (Å²) in [7, 11) is -1.74. The van der Waals surface area contributed by atoms with Crippen molar-refractivity contribution < 1.29 is 9.16 Å². The van der Waals surface area contributed by atoms with Crippen LogP contribution in [0, 0.1) is 0 Å². The standard InChI is InChI=1S/C15H29ClO2Si/c1-8-14(10-9-11-16)18-13(2)12-17-19(6,7)15(3,4)5/h8H,2,9-12H2,1,3-7H3/b14-8-. The zero-order valence-electron chi connectivity index (χ0n) is 13.3. The molecule has 0 aliphatic carbocycles. The molecule has 0 amide bonds. The molecule has 112 valence electrons. The van der Waals surface area contributed by atoms with Gasteiger partial charge in [-0.05, 0) is 37.6 Å². The van der Waals surface area contributed by atoms with Crippen molar-refractivity contribution in [3.8, 4) is 0 Å². The van der Waals surface area contributed by atoms with E-state index in [0.717, 1.165) is 18.6 Å². The van der Waals surface area contributed by atoms with Gasteiger partial charge in [-0.2, -0.15) is 0 Å². The van der Waals surface area contributed by atoms with Crippen LogP contribution in [0.25, 0.3) is 0 Å². The highest BCUT2D eigenvalue weighted by Gasteiger charge is 2.37. The predicted molar refractivity (Wildman–Crippen MR) is 87.1 cm³/mol. The molecule has 0 aromatic rings. The van der Waals surface area contributed by atoms with Gasteiger partial charge in [0.05, 0.1) is 12.4 Å². The Kier molecular flexibility index (Phi) is 8.02. The first-order chi connectivity index (χ1) is 8.64. The summed E-state index contributed by atoms with van der Waals surface area (Å²) in [4.78, 5) is 0. The molecule has 0 unspecified atom stereocenters. The minimum absolute atomic E-state index is 0.204. The zero-order chi connectivity index (χ0) is 15.1. The molecule has 0 fully saturated rings. The number of allylic oxidation sites excluding steroid dienone is 2. The molecule has 0 atom stereocenters. The van der Waals surface area contributed by atoms with Gasteiger partial charge in [-0.25, -0.2) is 0 Å². The van der Waals surface area contributed by atoms with E-state index in [1.165, 1.54) is 0 Å². The molecule has 0 rings (SSSR count). The summed E-state index contributed by atoms with van der Waals surface area (Å²) in [6, 6.07) is 0. The van der Waals surface area contributed by atoms with Crippen LogP contribution in [0.1, 0.15) is 40.5 Å². The molecule has 0 radical (unpaired) electrons. The van der Waals surface area contributed by atoms with E-state index in [1.54, 1.807) is 0 Å². The van der Waals surface area contributed by atoms with Crippen LogP contribution in [-0.4, -0.2) is 20.8 Å². The predicted octanol–water partition coefficient (Wildman–Crippen LogP) is 5.46. The molecule has 0 saturated heterocycles. The Hall–Kier alpha value is -0.253. The molecule has 19 heavy (non-hydrogen) atoms. The van der Waals surface area contributed by atoms with Crippen LogP contribution < -0.4 is 0 Å². The summed E-state index contributed by atoms with van der Waals surface area (Å²) in [6.07, 6.45) is 3.72. The quantitative estimate of drug-likeness (QED) is 0.337. The summed E-state index contributed by atoms with van der Waals surface area (Å²) in [5.41, 5.74) is 0. The van der Waals surface area contributed by atoms with E-state index in [2.05, 4.69) is 40.4 Å². The van der Waals surface area contributed by atoms with Crippen LogP contribution in [0.15, 0.2) is 24.2 Å². The summed E-state index contributed by atoms with van der Waals surface area (Å²) in [5, 5.41) is 0.204. The molecule has 0 saturated carbocycles. The second-order valence-electron chi connectivity index (χ2n) is 6.24. The normalized spacial score (nSPS) is 13.5. The number of hydrogen-bond donors (Lipinski definition) is 0. The topological polar surface area (TPSA) is 18.5 Å². The van der Waals surface area contributed by atoms with Crippen LogP contribution in [0.4, 0.5) is 0 Å². The molecule has 0 aromatic carbocycles. The third-order valence-electron chi connectivity index (χ3n) is 3.55. The molecule has 0 N–H and O–H groups in total. The lowest BCUT2D eigenvalue weighted by Gasteiger charge is -2.36. The van der Waals surface area contributed by atoms with Gasteiger partial charge in [-0.1, -0.05) is 27.4 Å². The van der Waals surface area contributed by atoms with Crippen LogP contribution >= 0.6 is 11.6 Å². The Morgan fingerprint density at radius 3 is 2.32 bits per heavy atom. The fourth-order valence-corrected chi connectivity index (χ4v) is 2.28. The molecule has 0 aliphatic heterocycles. The van der Waals surface area contributed by atoms with E-state index in [4.69, 9.17) is 20.8 Å². The van der Waals surface area contributed by atoms with Crippen LogP contribution in [0.3, 0.4) is 0 Å². The second kappa shape index (κ2) is 8.13. The minimum atomic E-state index is -1.74. The Morgan fingerprint density at radius 2 is 1.89 bits per heavy atom. The van der Waals surface area contributed by atoms with Crippen molar-refractivity contribution in [1.82, 2.24) is 0 Å². The maximum absolute atomic E-state index is 6.07. The van der Waals surface area contributed by atoms with Gasteiger partial charge >= 0.3 is 0 Å². The van der Waals surface area contributed by atoms with Crippen LogP contribution in [-0.2, 0) is 9.16 Å². The van der Waals surface area contributed by atoms with Crippen molar-refractivity contribution in [3.63, 3.8) is 0 Å². The summed E-state index contributed by atoms with van der Waals surface area (Å²) in [5.74, 6) is 2.24. The van der Waals surface area contributed by atoms with Gasteiger partial charge in [0.2, 0.25) is 0 Å². The van der Waals surface area contributed by atoms with Gasteiger partial charge in [0.15, 0.2) is 8.32 Å². The largest absolute Gasteiger partial charge is 0.465 e. The first-order valence-electron chi connectivity index (χ1n) is 6.84. The lowest BCUT2D eigenvalue weighted by Crippen LogP contribution is -2.41. The van der Waals surface area contributed by atoms with Crippen molar-refractivity contribution in [2.75, 3.05) is 12.5 Å². The number of hydrogen-bond acceptors (Lipinski definition) is 2. The molecular formula is C15H29ClO2Si. The fraction of sp³-hybridized carbons (Fsp3) is 0.733. The first-order valence-corrected chi connectivity index (χ1v) is 10.3. The SMILES string of the molecule is C=C(CO[Si](C)(C)C(C)(C)C)O/C(=C\C)CCCCl. The third-order valence-corrected chi connectivity index (χ3v) is 8.30. The molecule has 0 aromatic heterocycles. The van der Waals surface area contributed by atoms with E-state index in [0.29, 0.717) is 18.2 Å². The summed E-state index contributed by atoms with van der Waals surface area (Å²) >= 11 is 5.69. The van der Waals surface area contributed by atoms with E-state index in [1.807, 2.05) is 13.0 Å². The number of ether oxygens (including phenoxy) is 1. The van der Waals surface area contributed by atoms with Crippen molar-refractivity contribution in [1.29, 1.82) is 0 Å². The molecule has 0 heterocycles. The van der Waals surface area contributed by atoms with Gasteiger partial charge in [0.25, 0.3) is 0 Å². The van der Waals surface area contributed by atoms with E-state index in [-0.39, 0.29) is 5.04 Å². The number of alkyl halides is 1. The van der Waals surface area contributed by atoms with Crippen molar-refractivity contribution in [2.45, 2.75) is 58.7 Å². The molecule has 0 bridgehead atoms. The summed E-state index contributed by atoms with van der Waals surface area (Å²) < 4.78 is 11.8. The van der Waals surface area contributed by atoms with Gasteiger partial charge in [-0.3, -0.25) is 0 Å². The van der Waals surface area contributed by atoms with E-state index >= 15 is 0 Å². The Balaban J connectivity index is 4.26. The fourth-order valence-electron chi connectivity index (χ4n) is 1.19. The van der Waals surface area contributed by atoms with Gasteiger partial charge in [0.1, 0.15) is 5.76 Å². The lowest BCUT2D eigenvalue weighted by molar-refractivity contribution is 0.211. The number of halogens is 1. The average molecular weight is 305 g/mol. The maximum atomic E-state index is 6.07. The minimum Gasteiger partial charge on any atom is -0.465 e. The Bertz CT molecular complexity index is 317. The van der Waals surface area contributed by atoms with Crippen molar-refractivity contribution in [3.05, 3.63) is 24.2 Å². The second-order valence-corrected chi connectivity index (χ2v) is 11.4. The molecule has 4 heteroatoms. The Morgan fingerprint density at radius 1 is 1.32 bits per heavy atom. The van der Waals surface area contributed by atoms with Gasteiger partial charge < -0.3 is 9.16 Å². The van der Waals surface area contributed by atoms with Crippen molar-refractivity contribution >= 4 is 19.9 Å². The maximum Gasteiger partial charge on any atom is 0.192 e. The molecule has 0 aliphatic rings. The van der Waals surface area contributed by atoms with Crippen molar-refractivity contribution in [2.24, 2.45) is 0 Å². The van der Waals surface area contributed by atoms with E-state index in [9.17, 15) is 0 Å². The monoisotopic (exact) mass is 304 g/mol. The average Bonchev–Trinajstić information content (AvgIpc) is 2.30. The highest BCUT2D eigenvalue weighted by molar-refractivity contribution is 6.74. The molecule has 2 nitrogen and oxygen atoms in total. The lowest BCUT2D eigenvalue weighted by atomic mass is 10.2. The number of rotatable bonds is 8. The highest BCUT2D eigenvalue weighted by Crippen LogP contribution is 2.36. The molecular weight excluding hydrogens is 276 g/mol. The van der Waals surface area contributed by atoms with E-state index < -0.39 is 8.32 Å². The van der Waals surface area contributed by atoms with Crippen LogP contribution in [0.2, 0.25) is 18.1 Å². The van der Waals surface area contributed by atoms with Crippen LogP contribution in [0.5, 0.6) is 0 Å². The molecule has 0 spiro atoms. The van der Waals surface area contributed by atoms with Gasteiger partial charge in [-0.15, -0.1) is 11.6 Å². The third kappa shape index (κ3) is 7.19. The smallest absolute Gasteiger partial charge is 0.192 e. The summed E-state index contributed by atoms with van der Waals surface area (Å²) in [6.45, 7) is 17.5. The highest BCUT2D eigenvalue weighted by atomic mass is 35.5. The first kappa shape index (κ1) is 18.7. The van der Waals surface area contributed by atoms with Gasteiger partial charge in [0, 0.05) is 12.3 Å². The Labute approximate surface area is 125 Å².